The van der Waals surface area contributed by atoms with Gasteiger partial charge in [-0.1, -0.05) is 0 Å². The summed E-state index contributed by atoms with van der Waals surface area (Å²) < 4.78 is 0. The van der Waals surface area contributed by atoms with E-state index in [1.807, 2.05) is 0 Å². The van der Waals surface area contributed by atoms with E-state index in [1.165, 1.54) is 18.3 Å². The van der Waals surface area contributed by atoms with Gasteiger partial charge in [0.25, 0.3) is 11.8 Å². The number of hydrogen-bond acceptors (Lipinski definition) is 5. The van der Waals surface area contributed by atoms with E-state index in [4.69, 9.17) is 0 Å². The molecule has 0 aromatic heterocycles. The molecule has 1 fully saturated rings. The molecule has 1 unspecified atom stereocenters. The first-order chi connectivity index (χ1) is 6.47. The average Bonchev–Trinajstić information content (AvgIpc) is 2.41. The summed E-state index contributed by atoms with van der Waals surface area (Å²) in [6, 6.07) is -0.645. The van der Waals surface area contributed by atoms with Crippen molar-refractivity contribution in [2.45, 2.75) is 5.85 Å². The molecule has 7 heteroatoms. The van der Waals surface area contributed by atoms with Gasteiger partial charge in [0, 0.05) is 14.1 Å². The number of fused-ring (bicyclic) bond motifs is 1. The van der Waals surface area contributed by atoms with Crippen molar-refractivity contribution in [3.8, 4) is 0 Å². The van der Waals surface area contributed by atoms with Crippen LogP contribution < -0.4 is 5.32 Å². The van der Waals surface area contributed by atoms with Gasteiger partial charge < -0.3 is 10.0 Å². The maximum atomic E-state index is 11.4. The molecule has 2 aliphatic rings. The van der Waals surface area contributed by atoms with Gasteiger partial charge in [-0.05, 0) is 0 Å². The van der Waals surface area contributed by atoms with Gasteiger partial charge in [-0.15, -0.1) is 0 Å². The van der Waals surface area contributed by atoms with E-state index in [9.17, 15) is 14.7 Å². The highest BCUT2D eigenvalue weighted by Gasteiger charge is 2.57. The first kappa shape index (κ1) is 8.95. The van der Waals surface area contributed by atoms with Crippen LogP contribution in [0.25, 0.3) is 0 Å². The van der Waals surface area contributed by atoms with E-state index in [0.717, 1.165) is 4.90 Å². The molecule has 75 valence electrons. The lowest BCUT2D eigenvalue weighted by Crippen LogP contribution is -2.65. The van der Waals surface area contributed by atoms with Gasteiger partial charge in [0.15, 0.2) is 0 Å². The van der Waals surface area contributed by atoms with Gasteiger partial charge in [-0.25, -0.2) is 9.79 Å². The number of aliphatic hydroxyl groups is 1. The van der Waals surface area contributed by atoms with E-state index in [-0.39, 0.29) is 6.04 Å². The molecule has 2 rings (SSSR count). The lowest BCUT2D eigenvalue weighted by Gasteiger charge is -2.39. The molecule has 2 N–H and O–H groups in total. The number of urea groups is 1. The zero-order valence-electron chi connectivity index (χ0n) is 7.68. The minimum atomic E-state index is -1.85. The Hall–Kier alpha value is -1.63. The third kappa shape index (κ3) is 0.869. The molecule has 3 amide bonds. The third-order valence-electron chi connectivity index (χ3n) is 2.29. The Morgan fingerprint density at radius 1 is 1.50 bits per heavy atom. The van der Waals surface area contributed by atoms with Crippen LogP contribution >= 0.6 is 0 Å². The van der Waals surface area contributed by atoms with E-state index in [2.05, 4.69) is 10.3 Å². The number of nitrogens with one attached hydrogen (secondary N) is 1. The normalized spacial score (nSPS) is 32.2. The van der Waals surface area contributed by atoms with Gasteiger partial charge in [0.1, 0.15) is 0 Å². The molecular formula is C7H9N4O3. The Balaban J connectivity index is 2.43. The fraction of sp³-hybridized carbons (Fsp3) is 0.429. The molecular weight excluding hydrogens is 188 g/mol. The Kier molecular flexibility index (Phi) is 1.56. The molecule has 14 heavy (non-hydrogen) atoms. The first-order valence-electron chi connectivity index (χ1n) is 3.94. The summed E-state index contributed by atoms with van der Waals surface area (Å²) in [5, 5.41) is 12.0. The standard InChI is InChI=1S/C7H9N4O3/c1-10-3-8-7(14)4(10)5(12)9-6(13)11(7)2/h3,14H,1-2H3,(H,9,12,13). The van der Waals surface area contributed by atoms with Gasteiger partial charge >= 0.3 is 6.03 Å². The molecule has 0 saturated carbocycles. The summed E-state index contributed by atoms with van der Waals surface area (Å²) in [6.07, 6.45) is 1.30. The quantitative estimate of drug-likeness (QED) is 0.485. The molecule has 2 heterocycles. The largest absolute Gasteiger partial charge is 0.350 e. The Morgan fingerprint density at radius 3 is 2.79 bits per heavy atom. The van der Waals surface area contributed by atoms with Gasteiger partial charge in [-0.2, -0.15) is 0 Å². The van der Waals surface area contributed by atoms with Crippen molar-refractivity contribution >= 4 is 18.3 Å². The zero-order valence-corrected chi connectivity index (χ0v) is 7.68. The van der Waals surface area contributed by atoms with Crippen molar-refractivity contribution in [3.05, 3.63) is 6.04 Å². The predicted octanol–water partition coefficient (Wildman–Crippen LogP) is -1.68. The maximum Gasteiger partial charge on any atom is 0.327 e. The SMILES string of the molecule is CN1C=NC2(O)[C]1C(=O)NC(=O)N2C. The number of rotatable bonds is 0. The third-order valence-corrected chi connectivity index (χ3v) is 2.29. The molecule has 1 saturated heterocycles. The molecule has 2 aliphatic heterocycles. The monoisotopic (exact) mass is 197 g/mol. The topological polar surface area (TPSA) is 85.2 Å². The Morgan fingerprint density at radius 2 is 2.14 bits per heavy atom. The fourth-order valence-corrected chi connectivity index (χ4v) is 1.46. The van der Waals surface area contributed by atoms with E-state index >= 15 is 0 Å². The summed E-state index contributed by atoms with van der Waals surface area (Å²) in [7, 11) is 2.93. The number of hydrogen-bond donors (Lipinski definition) is 2. The van der Waals surface area contributed by atoms with Crippen LogP contribution in [0.15, 0.2) is 4.99 Å². The zero-order chi connectivity index (χ0) is 10.5. The highest BCUT2D eigenvalue weighted by atomic mass is 16.3. The molecule has 1 atom stereocenters. The fourth-order valence-electron chi connectivity index (χ4n) is 1.46. The summed E-state index contributed by atoms with van der Waals surface area (Å²) in [5.74, 6) is -2.48. The van der Waals surface area contributed by atoms with Crippen LogP contribution in [-0.2, 0) is 4.79 Å². The molecule has 0 aromatic carbocycles. The number of carbonyl (C=O) groups excluding carboxylic acids is 2. The highest BCUT2D eigenvalue weighted by molar-refractivity contribution is 6.07. The van der Waals surface area contributed by atoms with Crippen LogP contribution in [0.3, 0.4) is 0 Å². The van der Waals surface area contributed by atoms with Crippen LogP contribution in [0.4, 0.5) is 4.79 Å². The number of likely N-dealkylation sites (N-methyl/N-ethyl adjacent to an activating group) is 2. The lowest BCUT2D eigenvalue weighted by atomic mass is 10.1. The van der Waals surface area contributed by atoms with E-state index in [1.54, 1.807) is 7.05 Å². The molecule has 1 radical (unpaired) electrons. The van der Waals surface area contributed by atoms with Crippen molar-refractivity contribution in [1.29, 1.82) is 0 Å². The van der Waals surface area contributed by atoms with Crippen molar-refractivity contribution in [3.63, 3.8) is 0 Å². The molecule has 0 aliphatic carbocycles. The first-order valence-corrected chi connectivity index (χ1v) is 3.94. The van der Waals surface area contributed by atoms with Crippen LogP contribution in [0.5, 0.6) is 0 Å². The van der Waals surface area contributed by atoms with Gasteiger partial charge in [-0.3, -0.25) is 15.0 Å². The number of nitrogens with zero attached hydrogens (tertiary/aromatic N) is 3. The second-order valence-corrected chi connectivity index (χ2v) is 3.16. The van der Waals surface area contributed by atoms with Crippen molar-refractivity contribution in [2.24, 2.45) is 4.99 Å². The Labute approximate surface area is 80.0 Å². The summed E-state index contributed by atoms with van der Waals surface area (Å²) in [4.78, 5) is 28.6. The molecule has 0 spiro atoms. The molecule has 0 bridgehead atoms. The highest BCUT2D eigenvalue weighted by Crippen LogP contribution is 2.33. The van der Waals surface area contributed by atoms with E-state index < -0.39 is 17.8 Å². The van der Waals surface area contributed by atoms with Crippen molar-refractivity contribution < 1.29 is 14.7 Å². The predicted molar refractivity (Wildman–Crippen MR) is 45.7 cm³/mol. The van der Waals surface area contributed by atoms with Crippen LogP contribution in [-0.4, -0.2) is 53.1 Å². The van der Waals surface area contributed by atoms with Crippen LogP contribution in [0.1, 0.15) is 0 Å². The minimum absolute atomic E-state index is 0.0274. The Bertz CT molecular complexity index is 342. The maximum absolute atomic E-state index is 11.4. The molecule has 7 nitrogen and oxygen atoms in total. The number of carbonyl (C=O) groups is 2. The summed E-state index contributed by atoms with van der Waals surface area (Å²) >= 11 is 0. The lowest BCUT2D eigenvalue weighted by molar-refractivity contribution is -0.134. The van der Waals surface area contributed by atoms with Crippen LogP contribution in [0.2, 0.25) is 0 Å². The summed E-state index contributed by atoms with van der Waals surface area (Å²) in [6.45, 7) is 0. The van der Waals surface area contributed by atoms with Crippen molar-refractivity contribution in [1.82, 2.24) is 15.1 Å². The molecule has 0 aromatic rings. The number of imide groups is 1. The second-order valence-electron chi connectivity index (χ2n) is 3.16. The minimum Gasteiger partial charge on any atom is -0.350 e. The van der Waals surface area contributed by atoms with Gasteiger partial charge in [0.05, 0.1) is 6.34 Å². The summed E-state index contributed by atoms with van der Waals surface area (Å²) in [5.41, 5.74) is 0. The van der Waals surface area contributed by atoms with E-state index in [0.29, 0.717) is 0 Å². The number of aliphatic imine (C=N–C) groups is 1. The average molecular weight is 197 g/mol. The second kappa shape index (κ2) is 2.44. The van der Waals surface area contributed by atoms with Gasteiger partial charge in [0.2, 0.25) is 6.04 Å². The smallest absolute Gasteiger partial charge is 0.327 e. The van der Waals surface area contributed by atoms with Crippen molar-refractivity contribution in [2.75, 3.05) is 14.1 Å². The van der Waals surface area contributed by atoms with Crippen LogP contribution in [0, 0.1) is 6.04 Å². The number of amides is 3.